The molecule has 1 saturated carbocycles. The van der Waals surface area contributed by atoms with E-state index in [4.69, 9.17) is 14.2 Å². The fraction of sp³-hybridized carbons (Fsp3) is 0.519. The molecule has 0 radical (unpaired) electrons. The van der Waals surface area contributed by atoms with Gasteiger partial charge in [0.1, 0.15) is 11.3 Å². The number of carboxylic acids is 1. The van der Waals surface area contributed by atoms with Gasteiger partial charge in [-0.15, -0.1) is 0 Å². The van der Waals surface area contributed by atoms with E-state index < -0.39 is 11.5 Å². The molecular formula is C27H35NO5. The van der Waals surface area contributed by atoms with Crippen molar-refractivity contribution in [3.63, 3.8) is 0 Å². The molecule has 0 atom stereocenters. The summed E-state index contributed by atoms with van der Waals surface area (Å²) in [6.45, 7) is 5.52. The van der Waals surface area contributed by atoms with Crippen molar-refractivity contribution in [3.8, 4) is 16.9 Å². The van der Waals surface area contributed by atoms with Crippen molar-refractivity contribution in [1.29, 1.82) is 0 Å². The van der Waals surface area contributed by atoms with Crippen molar-refractivity contribution >= 4 is 11.7 Å². The van der Waals surface area contributed by atoms with Crippen molar-refractivity contribution in [1.82, 2.24) is 0 Å². The first-order valence-electron chi connectivity index (χ1n) is 11.9. The number of rotatable bonds is 8. The third-order valence-electron chi connectivity index (χ3n) is 7.04. The standard InChI is InChI=1S/C27H35NO5/c1-18-14-24(19(2)25(15-18)31-3)23-9-8-21(16-20(23)17-33-22-6-4-5-7-22)28-27(26(29)30)10-12-32-13-11-27/h8-9,14-16,22,28H,4-7,10-13,17H2,1-3H3,(H,29,30). The van der Waals surface area contributed by atoms with Crippen LogP contribution in [0.2, 0.25) is 0 Å². The number of ether oxygens (including phenoxy) is 3. The van der Waals surface area contributed by atoms with E-state index >= 15 is 0 Å². The number of hydrogen-bond acceptors (Lipinski definition) is 5. The van der Waals surface area contributed by atoms with Crippen molar-refractivity contribution in [2.45, 2.75) is 70.6 Å². The molecule has 0 spiro atoms. The number of carboxylic acid groups (broad SMARTS) is 1. The molecule has 2 aliphatic rings. The lowest BCUT2D eigenvalue weighted by Gasteiger charge is -2.35. The van der Waals surface area contributed by atoms with Crippen LogP contribution in [-0.2, 0) is 20.9 Å². The Balaban J connectivity index is 1.70. The summed E-state index contributed by atoms with van der Waals surface area (Å²) in [5, 5.41) is 13.3. The first-order chi connectivity index (χ1) is 15.9. The van der Waals surface area contributed by atoms with Crippen LogP contribution >= 0.6 is 0 Å². The highest BCUT2D eigenvalue weighted by Crippen LogP contribution is 2.37. The first kappa shape index (κ1) is 23.6. The Hall–Kier alpha value is -2.57. The van der Waals surface area contributed by atoms with E-state index in [1.165, 1.54) is 12.8 Å². The molecule has 0 amide bonds. The topological polar surface area (TPSA) is 77.0 Å². The van der Waals surface area contributed by atoms with E-state index in [1.54, 1.807) is 7.11 Å². The quantitative estimate of drug-likeness (QED) is 0.551. The van der Waals surface area contributed by atoms with Crippen molar-refractivity contribution in [2.75, 3.05) is 25.6 Å². The number of aryl methyl sites for hydroxylation is 1. The molecule has 0 aromatic heterocycles. The summed E-state index contributed by atoms with van der Waals surface area (Å²) in [7, 11) is 1.70. The van der Waals surface area contributed by atoms with Gasteiger partial charge >= 0.3 is 5.97 Å². The Morgan fingerprint density at radius 3 is 2.52 bits per heavy atom. The molecule has 2 fully saturated rings. The normalized spacial score (nSPS) is 18.3. The number of benzene rings is 2. The lowest BCUT2D eigenvalue weighted by atomic mass is 9.89. The molecule has 1 saturated heterocycles. The Morgan fingerprint density at radius 1 is 1.12 bits per heavy atom. The summed E-state index contributed by atoms with van der Waals surface area (Å²) in [6.07, 6.45) is 5.81. The van der Waals surface area contributed by atoms with Crippen LogP contribution in [0.4, 0.5) is 5.69 Å². The van der Waals surface area contributed by atoms with Gasteiger partial charge in [0.2, 0.25) is 0 Å². The summed E-state index contributed by atoms with van der Waals surface area (Å²) >= 11 is 0. The summed E-state index contributed by atoms with van der Waals surface area (Å²) in [4.78, 5) is 12.1. The van der Waals surface area contributed by atoms with E-state index in [2.05, 4.69) is 37.4 Å². The molecule has 178 valence electrons. The number of aliphatic carboxylic acids is 1. The summed E-state index contributed by atoms with van der Waals surface area (Å²) in [6, 6.07) is 10.3. The number of carbonyl (C=O) groups is 1. The maximum Gasteiger partial charge on any atom is 0.329 e. The molecule has 1 aliphatic carbocycles. The molecule has 0 unspecified atom stereocenters. The van der Waals surface area contributed by atoms with E-state index in [0.29, 0.717) is 38.8 Å². The predicted octanol–water partition coefficient (Wildman–Crippen LogP) is 5.48. The first-order valence-corrected chi connectivity index (χ1v) is 11.9. The SMILES string of the molecule is COc1cc(C)cc(-c2ccc(NC3(C(=O)O)CCOCC3)cc2COC2CCCC2)c1C. The van der Waals surface area contributed by atoms with Crippen LogP contribution in [0.3, 0.4) is 0 Å². The molecule has 6 nitrogen and oxygen atoms in total. The smallest absolute Gasteiger partial charge is 0.329 e. The van der Waals surface area contributed by atoms with Crippen LogP contribution in [0.15, 0.2) is 30.3 Å². The number of methoxy groups -OCH3 is 1. The largest absolute Gasteiger partial charge is 0.496 e. The lowest BCUT2D eigenvalue weighted by Crippen LogP contribution is -2.50. The van der Waals surface area contributed by atoms with Crippen LogP contribution in [0, 0.1) is 13.8 Å². The fourth-order valence-electron chi connectivity index (χ4n) is 5.02. The van der Waals surface area contributed by atoms with Crippen LogP contribution in [0.1, 0.15) is 55.2 Å². The van der Waals surface area contributed by atoms with Gasteiger partial charge in [-0.1, -0.05) is 25.0 Å². The second-order valence-electron chi connectivity index (χ2n) is 9.35. The second-order valence-corrected chi connectivity index (χ2v) is 9.35. The van der Waals surface area contributed by atoms with E-state index in [-0.39, 0.29) is 0 Å². The number of nitrogens with one attached hydrogen (secondary N) is 1. The minimum absolute atomic E-state index is 0.295. The highest BCUT2D eigenvalue weighted by Gasteiger charge is 2.40. The lowest BCUT2D eigenvalue weighted by molar-refractivity contribution is -0.145. The van der Waals surface area contributed by atoms with Gasteiger partial charge in [-0.3, -0.25) is 0 Å². The Bertz CT molecular complexity index is 990. The van der Waals surface area contributed by atoms with Gasteiger partial charge in [-0.25, -0.2) is 4.79 Å². The average Bonchev–Trinajstić information content (AvgIpc) is 3.33. The Morgan fingerprint density at radius 2 is 1.85 bits per heavy atom. The van der Waals surface area contributed by atoms with Crippen LogP contribution in [0.25, 0.3) is 11.1 Å². The van der Waals surface area contributed by atoms with Gasteiger partial charge in [0.05, 0.1) is 19.8 Å². The zero-order valence-electron chi connectivity index (χ0n) is 19.9. The zero-order chi connectivity index (χ0) is 23.4. The Labute approximate surface area is 196 Å². The maximum atomic E-state index is 12.1. The molecule has 2 N–H and O–H groups in total. The number of hydrogen-bond donors (Lipinski definition) is 2. The van der Waals surface area contributed by atoms with E-state index in [0.717, 1.165) is 52.1 Å². The molecule has 2 aromatic rings. The average molecular weight is 454 g/mol. The van der Waals surface area contributed by atoms with Gasteiger partial charge < -0.3 is 24.6 Å². The highest BCUT2D eigenvalue weighted by molar-refractivity contribution is 5.84. The maximum absolute atomic E-state index is 12.1. The third kappa shape index (κ3) is 5.17. The van der Waals surface area contributed by atoms with E-state index in [9.17, 15) is 9.90 Å². The summed E-state index contributed by atoms with van der Waals surface area (Å²) in [5.74, 6) is 0.0276. The molecule has 6 heteroatoms. The van der Waals surface area contributed by atoms with Crippen LogP contribution in [-0.4, -0.2) is 43.0 Å². The molecule has 33 heavy (non-hydrogen) atoms. The van der Waals surface area contributed by atoms with Gasteiger partial charge in [-0.2, -0.15) is 0 Å². The second kappa shape index (κ2) is 10.1. The van der Waals surface area contributed by atoms with Gasteiger partial charge in [0.15, 0.2) is 0 Å². The third-order valence-corrected chi connectivity index (χ3v) is 7.04. The van der Waals surface area contributed by atoms with Gasteiger partial charge in [-0.05, 0) is 72.7 Å². The molecule has 1 heterocycles. The minimum Gasteiger partial charge on any atom is -0.496 e. The van der Waals surface area contributed by atoms with E-state index in [1.807, 2.05) is 12.1 Å². The van der Waals surface area contributed by atoms with Crippen LogP contribution < -0.4 is 10.1 Å². The molecule has 1 aliphatic heterocycles. The van der Waals surface area contributed by atoms with Crippen LogP contribution in [0.5, 0.6) is 5.75 Å². The van der Waals surface area contributed by atoms with Gasteiger partial charge in [0.25, 0.3) is 0 Å². The summed E-state index contributed by atoms with van der Waals surface area (Å²) in [5.41, 5.74) is 5.25. The molecule has 4 rings (SSSR count). The fourth-order valence-corrected chi connectivity index (χ4v) is 5.02. The monoisotopic (exact) mass is 453 g/mol. The highest BCUT2D eigenvalue weighted by atomic mass is 16.5. The van der Waals surface area contributed by atoms with Crippen molar-refractivity contribution in [3.05, 3.63) is 47.0 Å². The molecule has 0 bridgehead atoms. The predicted molar refractivity (Wildman–Crippen MR) is 129 cm³/mol. The zero-order valence-corrected chi connectivity index (χ0v) is 19.9. The molecule has 2 aromatic carbocycles. The van der Waals surface area contributed by atoms with Crippen molar-refractivity contribution < 1.29 is 24.1 Å². The summed E-state index contributed by atoms with van der Waals surface area (Å²) < 4.78 is 17.3. The van der Waals surface area contributed by atoms with Crippen molar-refractivity contribution in [2.24, 2.45) is 0 Å². The molecular weight excluding hydrogens is 418 g/mol. The number of anilines is 1. The Kier molecular flexibility index (Phi) is 7.25. The van der Waals surface area contributed by atoms with Gasteiger partial charge in [0, 0.05) is 31.7 Å². The minimum atomic E-state index is -1.01.